The molecule has 1 aromatic carbocycles. The van der Waals surface area contributed by atoms with Crippen LogP contribution in [0.2, 0.25) is 0 Å². The lowest BCUT2D eigenvalue weighted by atomic mass is 10.1. The largest absolute Gasteiger partial charge is 0.504 e. The minimum Gasteiger partial charge on any atom is -0.504 e. The molecule has 27 heavy (non-hydrogen) atoms. The van der Waals surface area contributed by atoms with Gasteiger partial charge in [0, 0.05) is 25.2 Å². The molecule has 2 heterocycles. The first-order valence-electron chi connectivity index (χ1n) is 8.32. The number of carboxylic acids is 1. The lowest BCUT2D eigenvalue weighted by Gasteiger charge is -2.22. The summed E-state index contributed by atoms with van der Waals surface area (Å²) >= 11 is 0. The molecule has 4 rings (SSSR count). The van der Waals surface area contributed by atoms with E-state index in [2.05, 4.69) is 5.16 Å². The number of phenols is 1. The van der Waals surface area contributed by atoms with Gasteiger partial charge in [-0.25, -0.2) is 13.6 Å². The van der Waals surface area contributed by atoms with Crippen LogP contribution >= 0.6 is 0 Å². The Balaban J connectivity index is 2.07. The maximum absolute atomic E-state index is 15.4. The topological polar surface area (TPSA) is 115 Å². The van der Waals surface area contributed by atoms with Crippen molar-refractivity contribution in [3.63, 3.8) is 0 Å². The first-order chi connectivity index (χ1) is 12.8. The molecule has 0 atom stereocenters. The predicted molar refractivity (Wildman–Crippen MR) is 91.1 cm³/mol. The summed E-state index contributed by atoms with van der Waals surface area (Å²) in [6.45, 7) is 0.134. The molecule has 1 saturated carbocycles. The molecule has 142 valence electrons. The van der Waals surface area contributed by atoms with Crippen molar-refractivity contribution in [2.45, 2.75) is 25.3 Å². The highest BCUT2D eigenvalue weighted by Crippen LogP contribution is 2.43. The van der Waals surface area contributed by atoms with Crippen LogP contribution in [0, 0.1) is 11.6 Å². The molecule has 0 unspecified atom stereocenters. The maximum atomic E-state index is 15.4. The molecule has 0 spiro atoms. The molecule has 8 nitrogen and oxygen atoms in total. The number of aromatic nitrogens is 1. The number of phenolic OH excluding ortho intramolecular Hbond substituents is 1. The third-order valence-corrected chi connectivity index (χ3v) is 4.98. The Morgan fingerprint density at radius 2 is 1.96 bits per heavy atom. The fraction of sp³-hybridized carbons (Fsp3) is 0.353. The van der Waals surface area contributed by atoms with Gasteiger partial charge in [-0.3, -0.25) is 4.79 Å². The Kier molecular flexibility index (Phi) is 3.79. The predicted octanol–water partition coefficient (Wildman–Crippen LogP) is 2.06. The number of carbonyl (C=O) groups is 1. The molecule has 0 radical (unpaired) electrons. The number of anilines is 1. The zero-order chi connectivity index (χ0) is 19.5. The highest BCUT2D eigenvalue weighted by Gasteiger charge is 2.34. The van der Waals surface area contributed by atoms with E-state index in [1.54, 1.807) is 0 Å². The van der Waals surface area contributed by atoms with Crippen molar-refractivity contribution in [3.8, 4) is 5.75 Å². The number of aromatic hydroxyl groups is 1. The molecule has 10 heteroatoms. The fourth-order valence-corrected chi connectivity index (χ4v) is 3.49. The number of oxime groups is 1. The number of halogens is 2. The van der Waals surface area contributed by atoms with E-state index in [1.165, 1.54) is 9.47 Å². The summed E-state index contributed by atoms with van der Waals surface area (Å²) < 4.78 is 31.4. The fourth-order valence-electron chi connectivity index (χ4n) is 3.49. The lowest BCUT2D eigenvalue weighted by Crippen LogP contribution is -2.25. The van der Waals surface area contributed by atoms with Gasteiger partial charge in [0.25, 0.3) is 0 Å². The minimum atomic E-state index is -1.54. The molecule has 3 N–H and O–H groups in total. The standard InChI is InChI=1S/C17H15F2N3O5/c18-11-13-10(15(23)9(17(25)26)6-22(13)8-1-2-8)16(24)12(19)14(11)21-4-3-7(5-21)20-27/h6,8,24,27H,1-5H2,(H,25,26)/b20-7-. The van der Waals surface area contributed by atoms with E-state index < -0.39 is 45.4 Å². The van der Waals surface area contributed by atoms with Crippen LogP contribution in [0.15, 0.2) is 16.1 Å². The quantitative estimate of drug-likeness (QED) is 0.555. The van der Waals surface area contributed by atoms with Crippen LogP contribution in [0.4, 0.5) is 14.5 Å². The Morgan fingerprint density at radius 1 is 1.26 bits per heavy atom. The molecule has 0 bridgehead atoms. The first kappa shape index (κ1) is 17.3. The van der Waals surface area contributed by atoms with E-state index >= 15 is 4.39 Å². The average molecular weight is 379 g/mol. The number of hydrogen-bond donors (Lipinski definition) is 3. The zero-order valence-corrected chi connectivity index (χ0v) is 13.9. The summed E-state index contributed by atoms with van der Waals surface area (Å²) in [5.41, 5.74) is -2.33. The zero-order valence-electron chi connectivity index (χ0n) is 13.9. The first-order valence-corrected chi connectivity index (χ1v) is 8.32. The van der Waals surface area contributed by atoms with E-state index in [9.17, 15) is 24.2 Å². The number of aromatic carboxylic acids is 1. The highest BCUT2D eigenvalue weighted by molar-refractivity contribution is 5.98. The van der Waals surface area contributed by atoms with E-state index in [-0.39, 0.29) is 24.6 Å². The molecule has 2 aromatic rings. The van der Waals surface area contributed by atoms with Crippen LogP contribution < -0.4 is 10.3 Å². The Hall–Kier alpha value is -3.17. The Labute approximate surface area is 150 Å². The van der Waals surface area contributed by atoms with Gasteiger partial charge in [-0.15, -0.1) is 0 Å². The van der Waals surface area contributed by atoms with Crippen LogP contribution in [-0.2, 0) is 0 Å². The SMILES string of the molecule is O=C(O)c1cn(C2CC2)c2c(F)c(N3CC/C(=N/O)C3)c(F)c(O)c2c1=O. The minimum absolute atomic E-state index is 0.0316. The molecule has 1 aliphatic heterocycles. The van der Waals surface area contributed by atoms with E-state index in [0.29, 0.717) is 25.0 Å². The van der Waals surface area contributed by atoms with Crippen molar-refractivity contribution >= 4 is 28.3 Å². The summed E-state index contributed by atoms with van der Waals surface area (Å²) in [6.07, 6.45) is 2.63. The summed E-state index contributed by atoms with van der Waals surface area (Å²) in [5.74, 6) is -5.02. The van der Waals surface area contributed by atoms with Gasteiger partial charge in [-0.05, 0) is 12.8 Å². The van der Waals surface area contributed by atoms with Crippen LogP contribution in [0.1, 0.15) is 35.7 Å². The van der Waals surface area contributed by atoms with Crippen LogP contribution in [0.25, 0.3) is 10.9 Å². The molecule has 2 aliphatic rings. The third kappa shape index (κ3) is 2.51. The Morgan fingerprint density at radius 3 is 2.52 bits per heavy atom. The summed E-state index contributed by atoms with van der Waals surface area (Å²) in [4.78, 5) is 25.1. The van der Waals surface area contributed by atoms with Crippen molar-refractivity contribution in [1.82, 2.24) is 4.57 Å². The van der Waals surface area contributed by atoms with E-state index in [4.69, 9.17) is 5.21 Å². The van der Waals surface area contributed by atoms with Crippen molar-refractivity contribution in [3.05, 3.63) is 33.6 Å². The van der Waals surface area contributed by atoms with Crippen molar-refractivity contribution < 1.29 is 29.0 Å². The van der Waals surface area contributed by atoms with Gasteiger partial charge in [-0.1, -0.05) is 5.16 Å². The van der Waals surface area contributed by atoms with Gasteiger partial charge in [0.2, 0.25) is 5.43 Å². The Bertz CT molecular complexity index is 1070. The molecular weight excluding hydrogens is 364 g/mol. The van der Waals surface area contributed by atoms with Crippen molar-refractivity contribution in [2.24, 2.45) is 5.16 Å². The van der Waals surface area contributed by atoms with Crippen molar-refractivity contribution in [1.29, 1.82) is 0 Å². The van der Waals surface area contributed by atoms with Gasteiger partial charge < -0.3 is 24.9 Å². The second-order valence-electron chi connectivity index (χ2n) is 6.70. The monoisotopic (exact) mass is 379 g/mol. The van der Waals surface area contributed by atoms with Gasteiger partial charge in [0.05, 0.1) is 23.2 Å². The molecular formula is C17H15F2N3O5. The van der Waals surface area contributed by atoms with Crippen molar-refractivity contribution in [2.75, 3.05) is 18.0 Å². The number of nitrogens with zero attached hydrogens (tertiary/aromatic N) is 3. The number of hydrogen-bond acceptors (Lipinski definition) is 6. The smallest absolute Gasteiger partial charge is 0.341 e. The normalized spacial score (nSPS) is 18.6. The number of pyridine rings is 1. The van der Waals surface area contributed by atoms with Crippen LogP contribution in [0.3, 0.4) is 0 Å². The van der Waals surface area contributed by atoms with Crippen LogP contribution in [0.5, 0.6) is 5.75 Å². The van der Waals surface area contributed by atoms with Crippen LogP contribution in [-0.4, -0.2) is 44.8 Å². The van der Waals surface area contributed by atoms with E-state index in [1.807, 2.05) is 0 Å². The molecule has 1 aromatic heterocycles. The highest BCUT2D eigenvalue weighted by atomic mass is 19.1. The second kappa shape index (κ2) is 5.93. The second-order valence-corrected chi connectivity index (χ2v) is 6.70. The number of fused-ring (bicyclic) bond motifs is 1. The van der Waals surface area contributed by atoms with Gasteiger partial charge >= 0.3 is 5.97 Å². The third-order valence-electron chi connectivity index (χ3n) is 4.98. The number of benzene rings is 1. The maximum Gasteiger partial charge on any atom is 0.341 e. The molecule has 2 fully saturated rings. The average Bonchev–Trinajstić information content (AvgIpc) is 3.37. The van der Waals surface area contributed by atoms with Gasteiger partial charge in [0.15, 0.2) is 17.4 Å². The molecule has 0 amide bonds. The van der Waals surface area contributed by atoms with Gasteiger partial charge in [-0.2, -0.15) is 0 Å². The summed E-state index contributed by atoms with van der Waals surface area (Å²) in [5, 5.41) is 30.8. The number of rotatable bonds is 3. The summed E-state index contributed by atoms with van der Waals surface area (Å²) in [7, 11) is 0. The van der Waals surface area contributed by atoms with E-state index in [0.717, 1.165) is 6.20 Å². The lowest BCUT2D eigenvalue weighted by molar-refractivity contribution is 0.0695. The molecule has 1 aliphatic carbocycles. The molecule has 1 saturated heterocycles. The van der Waals surface area contributed by atoms with Gasteiger partial charge in [0.1, 0.15) is 11.3 Å². The number of carboxylic acid groups (broad SMARTS) is 1. The summed E-state index contributed by atoms with van der Waals surface area (Å²) in [6, 6.07) is -0.230.